The highest BCUT2D eigenvalue weighted by Gasteiger charge is 2.39. The Balaban J connectivity index is 2.07. The average Bonchev–Trinajstić information content (AvgIpc) is 2.60. The van der Waals surface area contributed by atoms with Crippen molar-refractivity contribution in [2.45, 2.75) is 22.9 Å². The average molecular weight is 475 g/mol. The number of halogens is 3. The summed E-state index contributed by atoms with van der Waals surface area (Å²) >= 11 is 14.8. The van der Waals surface area contributed by atoms with E-state index in [9.17, 15) is 0 Å². The van der Waals surface area contributed by atoms with Crippen molar-refractivity contribution >= 4 is 45.8 Å². The van der Waals surface area contributed by atoms with E-state index >= 15 is 0 Å². The third-order valence-corrected chi connectivity index (χ3v) is 6.93. The van der Waals surface area contributed by atoms with Crippen LogP contribution in [0, 0.1) is 0 Å². The van der Waals surface area contributed by atoms with Crippen LogP contribution in [-0.4, -0.2) is 28.1 Å². The van der Waals surface area contributed by atoms with E-state index in [1.165, 1.54) is 11.1 Å². The molecule has 1 unspecified atom stereocenters. The van der Waals surface area contributed by atoms with Gasteiger partial charge in [-0.25, -0.2) is 0 Å². The lowest BCUT2D eigenvalue weighted by Gasteiger charge is -2.48. The number of nitrogens with zero attached hydrogens (tertiary/aromatic N) is 1. The molecule has 1 heterocycles. The molecule has 0 radical (unpaired) electrons. The monoisotopic (exact) mass is 474 g/mol. The molecule has 1 N–H and O–H groups in total. The van der Waals surface area contributed by atoms with Gasteiger partial charge in [0, 0.05) is 29.7 Å². The maximum absolute atomic E-state index is 6.11. The maximum Gasteiger partial charge on any atom is 0.0861 e. The van der Waals surface area contributed by atoms with Crippen LogP contribution in [0.5, 0.6) is 0 Å². The minimum atomic E-state index is 0.0833. The maximum atomic E-state index is 6.11. The van der Waals surface area contributed by atoms with Crippen LogP contribution >= 0.6 is 45.8 Å². The van der Waals surface area contributed by atoms with E-state index in [4.69, 9.17) is 23.2 Å². The quantitative estimate of drug-likeness (QED) is 0.356. The molecule has 1 fully saturated rings. The standard InChI is InChI=1S/C19H21Cl2IN2/c1-2-19(22)13-23-11-12-24(19)18(14-3-7-16(20)8-4-14)15-5-9-17(21)10-6-15/h3-10,18,23H,2,11-13H2,1H3. The zero-order chi connectivity index (χ0) is 17.2. The van der Waals surface area contributed by atoms with Gasteiger partial charge in [0.15, 0.2) is 0 Å². The van der Waals surface area contributed by atoms with Crippen LogP contribution < -0.4 is 5.32 Å². The fraction of sp³-hybridized carbons (Fsp3) is 0.368. The largest absolute Gasteiger partial charge is 0.313 e. The summed E-state index contributed by atoms with van der Waals surface area (Å²) in [6.07, 6.45) is 1.08. The van der Waals surface area contributed by atoms with Crippen molar-refractivity contribution in [3.8, 4) is 0 Å². The molecule has 0 aliphatic carbocycles. The Hall–Kier alpha value is -0.330. The molecule has 128 valence electrons. The zero-order valence-electron chi connectivity index (χ0n) is 13.6. The van der Waals surface area contributed by atoms with Crippen molar-refractivity contribution in [1.82, 2.24) is 10.2 Å². The normalized spacial score (nSPS) is 22.0. The molecular weight excluding hydrogens is 454 g/mol. The highest BCUT2D eigenvalue weighted by molar-refractivity contribution is 14.1. The van der Waals surface area contributed by atoms with Gasteiger partial charge in [-0.1, -0.05) is 77.0 Å². The Labute approximate surface area is 167 Å². The van der Waals surface area contributed by atoms with E-state index in [2.05, 4.69) is 64.0 Å². The molecule has 5 heteroatoms. The number of alkyl halides is 1. The number of nitrogens with one attached hydrogen (secondary N) is 1. The molecule has 2 aromatic carbocycles. The molecule has 0 spiro atoms. The molecule has 0 aromatic heterocycles. The molecular formula is C19H21Cl2IN2. The smallest absolute Gasteiger partial charge is 0.0861 e. The Morgan fingerprint density at radius 1 is 1.04 bits per heavy atom. The predicted molar refractivity (Wildman–Crippen MR) is 111 cm³/mol. The molecule has 1 atom stereocenters. The Bertz CT molecular complexity index is 629. The highest BCUT2D eigenvalue weighted by Crippen LogP contribution is 2.40. The van der Waals surface area contributed by atoms with E-state index < -0.39 is 0 Å². The van der Waals surface area contributed by atoms with Gasteiger partial charge in [0.25, 0.3) is 0 Å². The lowest BCUT2D eigenvalue weighted by Crippen LogP contribution is -2.58. The summed E-state index contributed by atoms with van der Waals surface area (Å²) < 4.78 is 0.0833. The van der Waals surface area contributed by atoms with Crippen LogP contribution in [0.1, 0.15) is 30.5 Å². The van der Waals surface area contributed by atoms with Crippen LogP contribution in [0.2, 0.25) is 10.0 Å². The van der Waals surface area contributed by atoms with E-state index in [0.717, 1.165) is 36.1 Å². The first-order chi connectivity index (χ1) is 11.5. The van der Waals surface area contributed by atoms with Crippen LogP contribution in [0.15, 0.2) is 48.5 Å². The van der Waals surface area contributed by atoms with E-state index in [-0.39, 0.29) is 9.59 Å². The molecule has 2 aromatic rings. The number of piperazine rings is 1. The van der Waals surface area contributed by atoms with Crippen LogP contribution in [0.3, 0.4) is 0 Å². The molecule has 1 aliphatic rings. The van der Waals surface area contributed by atoms with Crippen molar-refractivity contribution in [1.29, 1.82) is 0 Å². The van der Waals surface area contributed by atoms with E-state index in [1.807, 2.05) is 24.3 Å². The SMILES string of the molecule is CCC1(I)CNCCN1C(c1ccc(Cl)cc1)c1ccc(Cl)cc1. The van der Waals surface area contributed by atoms with Gasteiger partial charge in [-0.15, -0.1) is 0 Å². The van der Waals surface area contributed by atoms with Crippen LogP contribution in [0.4, 0.5) is 0 Å². The minimum absolute atomic E-state index is 0.0833. The van der Waals surface area contributed by atoms with Crippen molar-refractivity contribution < 1.29 is 0 Å². The van der Waals surface area contributed by atoms with Gasteiger partial charge in [0.2, 0.25) is 0 Å². The van der Waals surface area contributed by atoms with Crippen molar-refractivity contribution in [2.24, 2.45) is 0 Å². The fourth-order valence-corrected chi connectivity index (χ4v) is 4.35. The molecule has 24 heavy (non-hydrogen) atoms. The highest BCUT2D eigenvalue weighted by atomic mass is 127. The predicted octanol–water partition coefficient (Wildman–Crippen LogP) is 5.53. The second-order valence-electron chi connectivity index (χ2n) is 6.15. The van der Waals surface area contributed by atoms with Gasteiger partial charge < -0.3 is 5.32 Å². The van der Waals surface area contributed by atoms with Crippen LogP contribution in [0.25, 0.3) is 0 Å². The Kier molecular flexibility index (Phi) is 6.09. The molecule has 3 rings (SSSR count). The van der Waals surface area contributed by atoms with E-state index in [0.29, 0.717) is 0 Å². The molecule has 0 amide bonds. The molecule has 0 bridgehead atoms. The van der Waals surface area contributed by atoms with Gasteiger partial charge in [-0.3, -0.25) is 4.90 Å². The number of hydrogen-bond donors (Lipinski definition) is 1. The second kappa shape index (κ2) is 7.92. The Morgan fingerprint density at radius 2 is 1.54 bits per heavy atom. The third-order valence-electron chi connectivity index (χ3n) is 4.66. The number of rotatable bonds is 4. The fourth-order valence-electron chi connectivity index (χ4n) is 3.31. The van der Waals surface area contributed by atoms with Crippen molar-refractivity contribution in [3.63, 3.8) is 0 Å². The first-order valence-corrected chi connectivity index (χ1v) is 10.0. The number of hydrogen-bond acceptors (Lipinski definition) is 2. The topological polar surface area (TPSA) is 15.3 Å². The summed E-state index contributed by atoms with van der Waals surface area (Å²) in [6.45, 7) is 5.25. The van der Waals surface area contributed by atoms with E-state index in [1.54, 1.807) is 0 Å². The number of benzene rings is 2. The van der Waals surface area contributed by atoms with Gasteiger partial charge in [-0.05, 0) is 41.8 Å². The summed E-state index contributed by atoms with van der Waals surface area (Å²) in [6, 6.07) is 16.6. The van der Waals surface area contributed by atoms with Gasteiger partial charge in [0.1, 0.15) is 0 Å². The first-order valence-electron chi connectivity index (χ1n) is 8.21. The third kappa shape index (κ3) is 3.91. The van der Waals surface area contributed by atoms with Gasteiger partial charge in [0.05, 0.1) is 9.59 Å². The molecule has 2 nitrogen and oxygen atoms in total. The summed E-state index contributed by atoms with van der Waals surface area (Å²) in [4.78, 5) is 2.61. The lowest BCUT2D eigenvalue weighted by molar-refractivity contribution is 0.109. The molecule has 1 aliphatic heterocycles. The Morgan fingerprint density at radius 3 is 2.00 bits per heavy atom. The van der Waals surface area contributed by atoms with Crippen molar-refractivity contribution in [3.05, 3.63) is 69.7 Å². The van der Waals surface area contributed by atoms with Crippen molar-refractivity contribution in [2.75, 3.05) is 19.6 Å². The summed E-state index contributed by atoms with van der Waals surface area (Å²) in [7, 11) is 0. The molecule has 0 saturated carbocycles. The summed E-state index contributed by atoms with van der Waals surface area (Å²) in [5.74, 6) is 0. The summed E-state index contributed by atoms with van der Waals surface area (Å²) in [5, 5.41) is 5.08. The summed E-state index contributed by atoms with van der Waals surface area (Å²) in [5.41, 5.74) is 2.52. The molecule has 1 saturated heterocycles. The van der Waals surface area contributed by atoms with Gasteiger partial charge >= 0.3 is 0 Å². The second-order valence-corrected chi connectivity index (χ2v) is 9.03. The lowest BCUT2D eigenvalue weighted by atomic mass is 9.94. The van der Waals surface area contributed by atoms with Crippen LogP contribution in [-0.2, 0) is 0 Å². The first kappa shape index (κ1) is 18.5. The van der Waals surface area contributed by atoms with Gasteiger partial charge in [-0.2, -0.15) is 0 Å². The zero-order valence-corrected chi connectivity index (χ0v) is 17.3. The minimum Gasteiger partial charge on any atom is -0.313 e.